The van der Waals surface area contributed by atoms with E-state index in [1.807, 2.05) is 0 Å². The second-order valence-corrected chi connectivity index (χ2v) is 3.66. The molecule has 0 radical (unpaired) electrons. The number of carbonyl (C=O) groups is 1. The van der Waals surface area contributed by atoms with Gasteiger partial charge in [-0.15, -0.1) is 0 Å². The van der Waals surface area contributed by atoms with Crippen molar-refractivity contribution >= 4 is 16.9 Å². The Morgan fingerprint density at radius 2 is 2.06 bits per heavy atom. The van der Waals surface area contributed by atoms with Gasteiger partial charge in [0.25, 0.3) is 0 Å². The first-order chi connectivity index (χ1) is 8.06. The van der Waals surface area contributed by atoms with Gasteiger partial charge in [0.1, 0.15) is 17.4 Å². The van der Waals surface area contributed by atoms with Crippen LogP contribution in [-0.4, -0.2) is 12.0 Å². The lowest BCUT2D eigenvalue weighted by Gasteiger charge is -2.06. The highest BCUT2D eigenvalue weighted by atomic mass is 16.5. The minimum atomic E-state index is -0.700. The molecule has 0 amide bonds. The van der Waals surface area contributed by atoms with Gasteiger partial charge < -0.3 is 14.9 Å². The van der Waals surface area contributed by atoms with Crippen LogP contribution in [0.25, 0.3) is 11.0 Å². The van der Waals surface area contributed by atoms with Gasteiger partial charge in [0.15, 0.2) is 0 Å². The highest BCUT2D eigenvalue weighted by Crippen LogP contribution is 2.19. The van der Waals surface area contributed by atoms with E-state index in [0.29, 0.717) is 11.3 Å². The van der Waals surface area contributed by atoms with Crippen LogP contribution in [0.15, 0.2) is 39.5 Å². The van der Waals surface area contributed by atoms with Crippen LogP contribution in [-0.2, 0) is 4.79 Å². The van der Waals surface area contributed by atoms with Crippen LogP contribution in [0.3, 0.4) is 0 Å². The molecule has 0 spiro atoms. The highest BCUT2D eigenvalue weighted by molar-refractivity contribution is 5.81. The fraction of sp³-hybridized carbons (Fsp3) is 0.167. The van der Waals surface area contributed by atoms with Crippen molar-refractivity contribution in [2.24, 2.45) is 5.73 Å². The standard InChI is InChI=1S/C12H11NO4/c1-7(13)12(15)16-9-4-2-8-3-5-11(14)17-10(8)6-9/h2-7H,13H2,1H3/t7-/m0/s1. The Hall–Kier alpha value is -2.14. The maximum Gasteiger partial charge on any atom is 0.336 e. The lowest BCUT2D eigenvalue weighted by atomic mass is 10.2. The Morgan fingerprint density at radius 1 is 1.35 bits per heavy atom. The van der Waals surface area contributed by atoms with Crippen LogP contribution in [0.2, 0.25) is 0 Å². The quantitative estimate of drug-likeness (QED) is 0.476. The first-order valence-electron chi connectivity index (χ1n) is 5.07. The van der Waals surface area contributed by atoms with E-state index in [4.69, 9.17) is 14.9 Å². The number of hydrogen-bond donors (Lipinski definition) is 1. The highest BCUT2D eigenvalue weighted by Gasteiger charge is 2.10. The van der Waals surface area contributed by atoms with Gasteiger partial charge in [-0.3, -0.25) is 0 Å². The molecule has 5 nitrogen and oxygen atoms in total. The summed E-state index contributed by atoms with van der Waals surface area (Å²) >= 11 is 0. The van der Waals surface area contributed by atoms with Crippen LogP contribution in [0.5, 0.6) is 5.75 Å². The van der Waals surface area contributed by atoms with Crippen molar-refractivity contribution in [3.63, 3.8) is 0 Å². The van der Waals surface area contributed by atoms with E-state index < -0.39 is 17.6 Å². The minimum absolute atomic E-state index is 0.300. The third-order valence-corrected chi connectivity index (χ3v) is 2.18. The van der Waals surface area contributed by atoms with Crippen molar-refractivity contribution in [3.8, 4) is 5.75 Å². The van der Waals surface area contributed by atoms with Crippen molar-refractivity contribution in [2.75, 3.05) is 0 Å². The zero-order chi connectivity index (χ0) is 12.4. The molecule has 2 aromatic rings. The Bertz CT molecular complexity index is 615. The van der Waals surface area contributed by atoms with Crippen LogP contribution in [0, 0.1) is 0 Å². The zero-order valence-electron chi connectivity index (χ0n) is 9.17. The van der Waals surface area contributed by atoms with Gasteiger partial charge in [-0.05, 0) is 25.1 Å². The number of rotatable bonds is 2. The molecule has 0 aliphatic heterocycles. The first-order valence-corrected chi connectivity index (χ1v) is 5.07. The SMILES string of the molecule is C[C@H](N)C(=O)Oc1ccc2ccc(=O)oc2c1. The molecule has 1 atom stereocenters. The molecule has 0 aliphatic carbocycles. The molecule has 1 heterocycles. The molecule has 0 bridgehead atoms. The molecule has 5 heteroatoms. The Morgan fingerprint density at radius 3 is 2.76 bits per heavy atom. The van der Waals surface area contributed by atoms with E-state index in [0.717, 1.165) is 5.39 Å². The molecular formula is C12H11NO4. The van der Waals surface area contributed by atoms with Gasteiger partial charge in [-0.2, -0.15) is 0 Å². The number of nitrogens with two attached hydrogens (primary N) is 1. The summed E-state index contributed by atoms with van der Waals surface area (Å²) in [7, 11) is 0. The van der Waals surface area contributed by atoms with Crippen LogP contribution in [0.4, 0.5) is 0 Å². The predicted octanol–water partition coefficient (Wildman–Crippen LogP) is 1.05. The maximum absolute atomic E-state index is 11.3. The lowest BCUT2D eigenvalue weighted by molar-refractivity contribution is -0.135. The zero-order valence-corrected chi connectivity index (χ0v) is 9.17. The van der Waals surface area contributed by atoms with Gasteiger partial charge in [0.2, 0.25) is 0 Å². The van der Waals surface area contributed by atoms with E-state index in [1.54, 1.807) is 18.2 Å². The average molecular weight is 233 g/mol. The number of fused-ring (bicyclic) bond motifs is 1. The smallest absolute Gasteiger partial charge is 0.336 e. The molecule has 0 aliphatic rings. The lowest BCUT2D eigenvalue weighted by Crippen LogP contribution is -2.30. The van der Waals surface area contributed by atoms with Gasteiger partial charge in [-0.25, -0.2) is 9.59 Å². The number of esters is 1. The molecule has 1 aromatic carbocycles. The molecule has 0 saturated heterocycles. The Labute approximate surface area is 96.8 Å². The van der Waals surface area contributed by atoms with Gasteiger partial charge in [0, 0.05) is 17.5 Å². The molecule has 2 rings (SSSR count). The van der Waals surface area contributed by atoms with E-state index in [1.165, 1.54) is 19.1 Å². The summed E-state index contributed by atoms with van der Waals surface area (Å²) in [5.74, 6) is -0.239. The summed E-state index contributed by atoms with van der Waals surface area (Å²) in [6.45, 7) is 1.53. The molecule has 17 heavy (non-hydrogen) atoms. The topological polar surface area (TPSA) is 82.5 Å². The molecule has 1 aromatic heterocycles. The molecule has 88 valence electrons. The van der Waals surface area contributed by atoms with Gasteiger partial charge in [-0.1, -0.05) is 0 Å². The maximum atomic E-state index is 11.3. The molecular weight excluding hydrogens is 222 g/mol. The number of carbonyl (C=O) groups excluding carboxylic acids is 1. The van der Waals surface area contributed by atoms with Crippen LogP contribution >= 0.6 is 0 Å². The number of ether oxygens (including phenoxy) is 1. The van der Waals surface area contributed by atoms with E-state index in [2.05, 4.69) is 0 Å². The van der Waals surface area contributed by atoms with Gasteiger partial charge >= 0.3 is 11.6 Å². The summed E-state index contributed by atoms with van der Waals surface area (Å²) in [4.78, 5) is 22.3. The van der Waals surface area contributed by atoms with Crippen molar-refractivity contribution < 1.29 is 13.9 Å². The Kier molecular flexibility index (Phi) is 2.93. The van der Waals surface area contributed by atoms with Crippen molar-refractivity contribution in [3.05, 3.63) is 40.8 Å². The summed E-state index contributed by atoms with van der Waals surface area (Å²) in [5, 5.41) is 0.755. The molecule has 0 saturated carbocycles. The van der Waals surface area contributed by atoms with Crippen molar-refractivity contribution in [2.45, 2.75) is 13.0 Å². The normalized spacial score (nSPS) is 12.4. The van der Waals surface area contributed by atoms with E-state index >= 15 is 0 Å². The minimum Gasteiger partial charge on any atom is -0.425 e. The largest absolute Gasteiger partial charge is 0.425 e. The van der Waals surface area contributed by atoms with Crippen LogP contribution in [0.1, 0.15) is 6.92 Å². The molecule has 0 unspecified atom stereocenters. The molecule has 2 N–H and O–H groups in total. The van der Waals surface area contributed by atoms with E-state index in [9.17, 15) is 9.59 Å². The predicted molar refractivity (Wildman–Crippen MR) is 61.8 cm³/mol. The second kappa shape index (κ2) is 4.39. The second-order valence-electron chi connectivity index (χ2n) is 3.66. The summed E-state index contributed by atoms with van der Waals surface area (Å²) in [5.41, 5.74) is 5.29. The fourth-order valence-corrected chi connectivity index (χ4v) is 1.31. The average Bonchev–Trinajstić information content (AvgIpc) is 2.28. The summed E-state index contributed by atoms with van der Waals surface area (Å²) in [6, 6.07) is 7.06. The Balaban J connectivity index is 2.37. The third kappa shape index (κ3) is 2.51. The van der Waals surface area contributed by atoms with Gasteiger partial charge in [0.05, 0.1) is 0 Å². The number of hydrogen-bond acceptors (Lipinski definition) is 5. The van der Waals surface area contributed by atoms with Crippen molar-refractivity contribution in [1.29, 1.82) is 0 Å². The van der Waals surface area contributed by atoms with Crippen molar-refractivity contribution in [1.82, 2.24) is 0 Å². The third-order valence-electron chi connectivity index (χ3n) is 2.18. The van der Waals surface area contributed by atoms with E-state index in [-0.39, 0.29) is 0 Å². The fourth-order valence-electron chi connectivity index (χ4n) is 1.31. The monoisotopic (exact) mass is 233 g/mol. The summed E-state index contributed by atoms with van der Waals surface area (Å²) < 4.78 is 9.96. The first kappa shape index (κ1) is 11.3. The summed E-state index contributed by atoms with van der Waals surface area (Å²) in [6.07, 6.45) is 0. The molecule has 0 fully saturated rings. The van der Waals surface area contributed by atoms with Crippen LogP contribution < -0.4 is 16.1 Å². The number of benzene rings is 1.